The molecule has 0 spiro atoms. The maximum absolute atomic E-state index is 12.1. The highest BCUT2D eigenvalue weighted by Crippen LogP contribution is 2.35. The Morgan fingerprint density at radius 2 is 2.11 bits per heavy atom. The maximum atomic E-state index is 12.1. The van der Waals surface area contributed by atoms with Crippen LogP contribution in [0.25, 0.3) is 11.4 Å². The van der Waals surface area contributed by atoms with Gasteiger partial charge in [-0.2, -0.15) is 11.3 Å². The zero-order valence-corrected chi connectivity index (χ0v) is 13.7. The van der Waals surface area contributed by atoms with Crippen molar-refractivity contribution in [3.63, 3.8) is 0 Å². The SMILES string of the molecule is Cc1cscc1-c1nc(C2CCCC2)c(I)c(=O)[nH]1. The lowest BCUT2D eigenvalue weighted by molar-refractivity contribution is 0.687. The first-order chi connectivity index (χ1) is 9.16. The van der Waals surface area contributed by atoms with E-state index in [4.69, 9.17) is 4.98 Å². The number of hydrogen-bond acceptors (Lipinski definition) is 3. The molecular weight excluding hydrogens is 371 g/mol. The van der Waals surface area contributed by atoms with E-state index in [1.165, 1.54) is 18.4 Å². The van der Waals surface area contributed by atoms with Gasteiger partial charge in [-0.25, -0.2) is 4.98 Å². The molecule has 1 aliphatic carbocycles. The topological polar surface area (TPSA) is 45.8 Å². The number of aryl methyl sites for hydroxylation is 1. The first-order valence-electron chi connectivity index (χ1n) is 6.49. The first kappa shape index (κ1) is 13.3. The molecule has 0 aliphatic heterocycles. The van der Waals surface area contributed by atoms with Crippen LogP contribution in [0.5, 0.6) is 0 Å². The van der Waals surface area contributed by atoms with Crippen LogP contribution in [0, 0.1) is 10.5 Å². The fraction of sp³-hybridized carbons (Fsp3) is 0.429. The molecule has 3 rings (SSSR count). The quantitative estimate of drug-likeness (QED) is 0.791. The van der Waals surface area contributed by atoms with Crippen molar-refractivity contribution in [3.05, 3.63) is 35.9 Å². The van der Waals surface area contributed by atoms with Crippen molar-refractivity contribution < 1.29 is 0 Å². The predicted molar refractivity (Wildman–Crippen MR) is 86.8 cm³/mol. The fourth-order valence-corrected chi connectivity index (χ4v) is 4.21. The number of hydrogen-bond donors (Lipinski definition) is 1. The molecule has 0 bridgehead atoms. The van der Waals surface area contributed by atoms with Crippen molar-refractivity contribution >= 4 is 33.9 Å². The summed E-state index contributed by atoms with van der Waals surface area (Å²) in [5.41, 5.74) is 3.23. The number of nitrogens with one attached hydrogen (secondary N) is 1. The highest BCUT2D eigenvalue weighted by Gasteiger charge is 2.23. The molecule has 0 saturated heterocycles. The van der Waals surface area contributed by atoms with Crippen molar-refractivity contribution in [2.75, 3.05) is 0 Å². The fourth-order valence-electron chi connectivity index (χ4n) is 2.68. The summed E-state index contributed by atoms with van der Waals surface area (Å²) >= 11 is 3.78. The minimum atomic E-state index is -0.00176. The summed E-state index contributed by atoms with van der Waals surface area (Å²) in [5, 5.41) is 4.14. The van der Waals surface area contributed by atoms with E-state index in [0.29, 0.717) is 5.92 Å². The Balaban J connectivity index is 2.12. The summed E-state index contributed by atoms with van der Waals surface area (Å²) in [4.78, 5) is 19.8. The Kier molecular flexibility index (Phi) is 3.75. The number of aromatic amines is 1. The monoisotopic (exact) mass is 386 g/mol. The van der Waals surface area contributed by atoms with Crippen LogP contribution in [-0.4, -0.2) is 9.97 Å². The second-order valence-corrected chi connectivity index (χ2v) is 6.89. The Morgan fingerprint density at radius 3 is 2.74 bits per heavy atom. The van der Waals surface area contributed by atoms with Gasteiger partial charge < -0.3 is 4.98 Å². The summed E-state index contributed by atoms with van der Waals surface area (Å²) in [6, 6.07) is 0. The van der Waals surface area contributed by atoms with Crippen LogP contribution < -0.4 is 5.56 Å². The smallest absolute Gasteiger partial charge is 0.264 e. The summed E-state index contributed by atoms with van der Waals surface area (Å²) in [6.07, 6.45) is 4.83. The van der Waals surface area contributed by atoms with Gasteiger partial charge in [0.2, 0.25) is 0 Å². The van der Waals surface area contributed by atoms with Gasteiger partial charge in [-0.1, -0.05) is 12.8 Å². The van der Waals surface area contributed by atoms with Crippen molar-refractivity contribution in [2.24, 2.45) is 0 Å². The first-order valence-corrected chi connectivity index (χ1v) is 8.52. The van der Waals surface area contributed by atoms with Gasteiger partial charge in [0.15, 0.2) is 0 Å². The lowest BCUT2D eigenvalue weighted by Gasteiger charge is -2.12. The Hall–Kier alpha value is -0.690. The molecule has 19 heavy (non-hydrogen) atoms. The van der Waals surface area contributed by atoms with Gasteiger partial charge in [0.05, 0.1) is 9.26 Å². The van der Waals surface area contributed by atoms with Crippen molar-refractivity contribution in [1.29, 1.82) is 0 Å². The van der Waals surface area contributed by atoms with Crippen LogP contribution in [0.3, 0.4) is 0 Å². The molecule has 1 fully saturated rings. The molecule has 2 aromatic rings. The van der Waals surface area contributed by atoms with Crippen molar-refractivity contribution in [3.8, 4) is 11.4 Å². The molecule has 2 heterocycles. The van der Waals surface area contributed by atoms with E-state index in [9.17, 15) is 4.79 Å². The molecule has 3 nitrogen and oxygen atoms in total. The van der Waals surface area contributed by atoms with E-state index in [-0.39, 0.29) is 5.56 Å². The Morgan fingerprint density at radius 1 is 1.37 bits per heavy atom. The third-order valence-electron chi connectivity index (χ3n) is 3.74. The highest BCUT2D eigenvalue weighted by atomic mass is 127. The van der Waals surface area contributed by atoms with Gasteiger partial charge in [-0.3, -0.25) is 4.79 Å². The normalized spacial score (nSPS) is 16.1. The largest absolute Gasteiger partial charge is 0.306 e. The van der Waals surface area contributed by atoms with Gasteiger partial charge in [0, 0.05) is 16.9 Å². The summed E-state index contributed by atoms with van der Waals surface area (Å²) in [5.74, 6) is 1.19. The van der Waals surface area contributed by atoms with Crippen LogP contribution in [-0.2, 0) is 0 Å². The molecule has 0 atom stereocenters. The number of nitrogens with zero attached hydrogens (tertiary/aromatic N) is 1. The van der Waals surface area contributed by atoms with Gasteiger partial charge in [0.25, 0.3) is 5.56 Å². The van der Waals surface area contributed by atoms with Crippen LogP contribution in [0.2, 0.25) is 0 Å². The molecule has 5 heteroatoms. The minimum Gasteiger partial charge on any atom is -0.306 e. The number of halogens is 1. The maximum Gasteiger partial charge on any atom is 0.264 e. The number of thiophene rings is 1. The van der Waals surface area contributed by atoms with Crippen LogP contribution in [0.1, 0.15) is 42.9 Å². The third-order valence-corrected chi connectivity index (χ3v) is 5.64. The molecule has 2 aromatic heterocycles. The zero-order chi connectivity index (χ0) is 13.4. The third kappa shape index (κ3) is 2.50. The van der Waals surface area contributed by atoms with E-state index in [1.807, 2.05) is 0 Å². The minimum absolute atomic E-state index is 0.00176. The standard InChI is InChI=1S/C14H15IN2OS/c1-8-6-19-7-10(8)13-16-12(9-4-2-3-5-9)11(15)14(18)17-13/h6-7,9H,2-5H2,1H3,(H,16,17,18). The van der Waals surface area contributed by atoms with Crippen LogP contribution in [0.4, 0.5) is 0 Å². The summed E-state index contributed by atoms with van der Waals surface area (Å²) < 4.78 is 0.765. The molecule has 1 aliphatic rings. The van der Waals surface area contributed by atoms with E-state index < -0.39 is 0 Å². The van der Waals surface area contributed by atoms with Gasteiger partial charge in [-0.05, 0) is 53.3 Å². The van der Waals surface area contributed by atoms with Crippen LogP contribution >= 0.6 is 33.9 Å². The molecule has 100 valence electrons. The molecule has 0 radical (unpaired) electrons. The predicted octanol–water partition coefficient (Wildman–Crippen LogP) is 4.07. The van der Waals surface area contributed by atoms with E-state index >= 15 is 0 Å². The number of H-pyrrole nitrogens is 1. The van der Waals surface area contributed by atoms with Gasteiger partial charge in [-0.15, -0.1) is 0 Å². The number of rotatable bonds is 2. The lowest BCUT2D eigenvalue weighted by atomic mass is 10.0. The molecule has 0 unspecified atom stereocenters. The second kappa shape index (κ2) is 5.36. The highest BCUT2D eigenvalue weighted by molar-refractivity contribution is 14.1. The zero-order valence-electron chi connectivity index (χ0n) is 10.7. The molecule has 0 amide bonds. The second-order valence-electron chi connectivity index (χ2n) is 5.06. The molecule has 1 N–H and O–H groups in total. The van der Waals surface area contributed by atoms with Crippen molar-refractivity contribution in [2.45, 2.75) is 38.5 Å². The van der Waals surface area contributed by atoms with Crippen LogP contribution in [0.15, 0.2) is 15.6 Å². The molecule has 1 saturated carbocycles. The Labute approximate surface area is 129 Å². The Bertz CT molecular complexity index is 656. The van der Waals surface area contributed by atoms with E-state index in [1.54, 1.807) is 11.3 Å². The summed E-state index contributed by atoms with van der Waals surface area (Å²) in [7, 11) is 0. The van der Waals surface area contributed by atoms with E-state index in [2.05, 4.69) is 45.3 Å². The van der Waals surface area contributed by atoms with Gasteiger partial charge >= 0.3 is 0 Å². The van der Waals surface area contributed by atoms with Gasteiger partial charge in [0.1, 0.15) is 5.82 Å². The molecule has 0 aromatic carbocycles. The van der Waals surface area contributed by atoms with E-state index in [0.717, 1.165) is 33.5 Å². The molecular formula is C14H15IN2OS. The van der Waals surface area contributed by atoms with Crippen molar-refractivity contribution in [1.82, 2.24) is 9.97 Å². The average Bonchev–Trinajstić information content (AvgIpc) is 3.03. The number of aromatic nitrogens is 2. The summed E-state index contributed by atoms with van der Waals surface area (Å²) in [6.45, 7) is 2.05. The average molecular weight is 386 g/mol. The lowest BCUT2D eigenvalue weighted by Crippen LogP contribution is -2.18.